The molecule has 6 heteroatoms. The van der Waals surface area contributed by atoms with Gasteiger partial charge in [0, 0.05) is 12.0 Å². The first-order chi connectivity index (χ1) is 10.0. The second-order valence-corrected chi connectivity index (χ2v) is 6.49. The molecule has 2 unspecified atom stereocenters. The summed E-state index contributed by atoms with van der Waals surface area (Å²) in [5.74, 6) is -0.576. The number of aryl methyl sites for hydroxylation is 1. The highest BCUT2D eigenvalue weighted by Crippen LogP contribution is 2.33. The molecule has 0 bridgehead atoms. The Bertz CT molecular complexity index is 526. The zero-order valence-corrected chi connectivity index (χ0v) is 13.2. The number of thiophene rings is 1. The number of aliphatic carboxylic acids is 1. The summed E-state index contributed by atoms with van der Waals surface area (Å²) >= 11 is 1.52. The van der Waals surface area contributed by atoms with Gasteiger partial charge >= 0.3 is 5.97 Å². The molecule has 1 aromatic rings. The lowest BCUT2D eigenvalue weighted by atomic mass is 9.87. The largest absolute Gasteiger partial charge is 0.479 e. The number of hydrogen-bond donors (Lipinski definition) is 2. The Balaban J connectivity index is 1.98. The maximum absolute atomic E-state index is 12.1. The SMILES string of the molecule is CCC1CCc2sc(C(=O)NCC(OC)C(=O)O)cc2C1. The van der Waals surface area contributed by atoms with Crippen LogP contribution in [0.1, 0.15) is 39.9 Å². The number of ether oxygens (including phenoxy) is 1. The van der Waals surface area contributed by atoms with E-state index in [1.165, 1.54) is 41.7 Å². The van der Waals surface area contributed by atoms with Gasteiger partial charge in [0.1, 0.15) is 0 Å². The van der Waals surface area contributed by atoms with Crippen molar-refractivity contribution in [3.63, 3.8) is 0 Å². The summed E-state index contributed by atoms with van der Waals surface area (Å²) in [6.07, 6.45) is 3.45. The number of carboxylic acid groups (broad SMARTS) is 1. The molecule has 2 rings (SSSR count). The Kier molecular flexibility index (Phi) is 5.36. The molecule has 0 saturated carbocycles. The number of carbonyl (C=O) groups excluding carboxylic acids is 1. The fraction of sp³-hybridized carbons (Fsp3) is 0.600. The zero-order valence-electron chi connectivity index (χ0n) is 12.3. The van der Waals surface area contributed by atoms with E-state index < -0.39 is 12.1 Å². The van der Waals surface area contributed by atoms with Gasteiger partial charge in [-0.1, -0.05) is 13.3 Å². The number of carbonyl (C=O) groups is 2. The average Bonchev–Trinajstić information content (AvgIpc) is 2.90. The molecule has 1 aliphatic carbocycles. The van der Waals surface area contributed by atoms with Gasteiger partial charge < -0.3 is 15.2 Å². The molecule has 1 aliphatic rings. The van der Waals surface area contributed by atoms with Gasteiger partial charge in [-0.15, -0.1) is 11.3 Å². The molecule has 0 aromatic carbocycles. The monoisotopic (exact) mass is 311 g/mol. The molecule has 1 amide bonds. The first-order valence-corrected chi connectivity index (χ1v) is 8.02. The van der Waals surface area contributed by atoms with Crippen molar-refractivity contribution in [2.45, 2.75) is 38.7 Å². The third kappa shape index (κ3) is 3.83. The van der Waals surface area contributed by atoms with Gasteiger partial charge in [-0.2, -0.15) is 0 Å². The summed E-state index contributed by atoms with van der Waals surface area (Å²) in [6.45, 7) is 2.18. The summed E-state index contributed by atoms with van der Waals surface area (Å²) in [7, 11) is 1.32. The minimum absolute atomic E-state index is 0.0230. The standard InChI is InChI=1S/C15H21NO4S/c1-3-9-4-5-12-10(6-9)7-13(21-12)14(17)16-8-11(20-2)15(18)19/h7,9,11H,3-6,8H2,1-2H3,(H,16,17)(H,18,19). The number of carboxylic acids is 1. The average molecular weight is 311 g/mol. The van der Waals surface area contributed by atoms with Crippen LogP contribution in [0.4, 0.5) is 0 Å². The molecule has 116 valence electrons. The number of fused-ring (bicyclic) bond motifs is 1. The van der Waals surface area contributed by atoms with Crippen molar-refractivity contribution >= 4 is 23.2 Å². The van der Waals surface area contributed by atoms with Gasteiger partial charge in [-0.05, 0) is 36.8 Å². The van der Waals surface area contributed by atoms with Crippen molar-refractivity contribution in [3.05, 3.63) is 21.4 Å². The van der Waals surface area contributed by atoms with Gasteiger partial charge in [0.2, 0.25) is 0 Å². The Morgan fingerprint density at radius 1 is 1.57 bits per heavy atom. The van der Waals surface area contributed by atoms with E-state index in [0.29, 0.717) is 10.8 Å². The van der Waals surface area contributed by atoms with Crippen LogP contribution in [0.5, 0.6) is 0 Å². The van der Waals surface area contributed by atoms with Gasteiger partial charge in [-0.3, -0.25) is 4.79 Å². The third-order valence-electron chi connectivity index (χ3n) is 3.99. The van der Waals surface area contributed by atoms with Crippen molar-refractivity contribution < 1.29 is 19.4 Å². The van der Waals surface area contributed by atoms with Crippen LogP contribution in [0.15, 0.2) is 6.07 Å². The number of rotatable bonds is 6. The first kappa shape index (κ1) is 16.0. The summed E-state index contributed by atoms with van der Waals surface area (Å²) < 4.78 is 4.80. The van der Waals surface area contributed by atoms with Crippen molar-refractivity contribution in [3.8, 4) is 0 Å². The molecule has 0 saturated heterocycles. The van der Waals surface area contributed by atoms with E-state index in [0.717, 1.165) is 12.8 Å². The zero-order chi connectivity index (χ0) is 15.4. The van der Waals surface area contributed by atoms with E-state index in [2.05, 4.69) is 12.2 Å². The van der Waals surface area contributed by atoms with Crippen LogP contribution in [-0.2, 0) is 22.4 Å². The summed E-state index contributed by atoms with van der Waals surface area (Å²) in [5, 5.41) is 11.5. The van der Waals surface area contributed by atoms with Crippen LogP contribution in [0.25, 0.3) is 0 Å². The summed E-state index contributed by atoms with van der Waals surface area (Å²) in [6, 6.07) is 1.96. The molecule has 5 nitrogen and oxygen atoms in total. The van der Waals surface area contributed by atoms with E-state index >= 15 is 0 Å². The normalized spacial score (nSPS) is 18.9. The fourth-order valence-electron chi connectivity index (χ4n) is 2.60. The van der Waals surface area contributed by atoms with E-state index in [-0.39, 0.29) is 12.5 Å². The van der Waals surface area contributed by atoms with Crippen LogP contribution in [0, 0.1) is 5.92 Å². The number of hydrogen-bond acceptors (Lipinski definition) is 4. The molecule has 21 heavy (non-hydrogen) atoms. The lowest BCUT2D eigenvalue weighted by molar-refractivity contribution is -0.148. The Morgan fingerprint density at radius 2 is 2.33 bits per heavy atom. The Morgan fingerprint density at radius 3 is 2.95 bits per heavy atom. The van der Waals surface area contributed by atoms with E-state index in [1.54, 1.807) is 0 Å². The van der Waals surface area contributed by atoms with Gasteiger partial charge in [0.25, 0.3) is 5.91 Å². The van der Waals surface area contributed by atoms with E-state index in [9.17, 15) is 9.59 Å². The molecule has 0 spiro atoms. The third-order valence-corrected chi connectivity index (χ3v) is 5.23. The van der Waals surface area contributed by atoms with Gasteiger partial charge in [-0.25, -0.2) is 4.79 Å². The van der Waals surface area contributed by atoms with Crippen LogP contribution >= 0.6 is 11.3 Å². The lowest BCUT2D eigenvalue weighted by Crippen LogP contribution is -2.37. The highest BCUT2D eigenvalue weighted by molar-refractivity contribution is 7.14. The van der Waals surface area contributed by atoms with Crippen LogP contribution in [0.3, 0.4) is 0 Å². The van der Waals surface area contributed by atoms with E-state index in [1.807, 2.05) is 6.07 Å². The van der Waals surface area contributed by atoms with Gasteiger partial charge in [0.05, 0.1) is 11.4 Å². The van der Waals surface area contributed by atoms with Crippen molar-refractivity contribution in [1.82, 2.24) is 5.32 Å². The number of amides is 1. The smallest absolute Gasteiger partial charge is 0.334 e. The molecule has 2 atom stereocenters. The molecule has 0 radical (unpaired) electrons. The Hall–Kier alpha value is -1.40. The lowest BCUT2D eigenvalue weighted by Gasteiger charge is -2.19. The van der Waals surface area contributed by atoms with Crippen LogP contribution in [0.2, 0.25) is 0 Å². The summed E-state index contributed by atoms with van der Waals surface area (Å²) in [4.78, 5) is 24.9. The predicted octanol–water partition coefficient (Wildman–Crippen LogP) is 2.09. The number of nitrogens with one attached hydrogen (secondary N) is 1. The molecule has 2 N–H and O–H groups in total. The fourth-order valence-corrected chi connectivity index (χ4v) is 3.73. The van der Waals surface area contributed by atoms with Crippen molar-refractivity contribution in [2.75, 3.05) is 13.7 Å². The first-order valence-electron chi connectivity index (χ1n) is 7.20. The maximum Gasteiger partial charge on any atom is 0.334 e. The van der Waals surface area contributed by atoms with Crippen LogP contribution < -0.4 is 5.32 Å². The predicted molar refractivity (Wildman–Crippen MR) is 80.9 cm³/mol. The summed E-state index contributed by atoms with van der Waals surface area (Å²) in [5.41, 5.74) is 1.28. The minimum Gasteiger partial charge on any atom is -0.479 e. The highest BCUT2D eigenvalue weighted by atomic mass is 32.1. The second kappa shape index (κ2) is 7.04. The molecule has 1 aromatic heterocycles. The molecule has 0 aliphatic heterocycles. The highest BCUT2D eigenvalue weighted by Gasteiger charge is 2.23. The molecule has 1 heterocycles. The molecule has 0 fully saturated rings. The van der Waals surface area contributed by atoms with E-state index in [4.69, 9.17) is 9.84 Å². The quantitative estimate of drug-likeness (QED) is 0.843. The molecular weight excluding hydrogens is 290 g/mol. The minimum atomic E-state index is -1.07. The second-order valence-electron chi connectivity index (χ2n) is 5.35. The number of methoxy groups -OCH3 is 1. The van der Waals surface area contributed by atoms with Crippen molar-refractivity contribution in [2.24, 2.45) is 5.92 Å². The molecular formula is C15H21NO4S. The van der Waals surface area contributed by atoms with Gasteiger partial charge in [0.15, 0.2) is 6.10 Å². The van der Waals surface area contributed by atoms with Crippen molar-refractivity contribution in [1.29, 1.82) is 0 Å². The van der Waals surface area contributed by atoms with Crippen LogP contribution in [-0.4, -0.2) is 36.7 Å². The maximum atomic E-state index is 12.1. The Labute approximate surface area is 128 Å². The topological polar surface area (TPSA) is 75.6 Å².